The van der Waals surface area contributed by atoms with E-state index >= 15 is 0 Å². The number of hydrogen-bond donors (Lipinski definition) is 0. The van der Waals surface area contributed by atoms with Crippen molar-refractivity contribution in [3.63, 3.8) is 0 Å². The maximum absolute atomic E-state index is 10.1. The van der Waals surface area contributed by atoms with Crippen LogP contribution in [0.1, 0.15) is 0 Å². The zero-order valence-electron chi connectivity index (χ0n) is 4.20. The Balaban J connectivity index is 2.63. The number of allylic oxidation sites excluding steroid dienone is 2. The van der Waals surface area contributed by atoms with Crippen LogP contribution in [0, 0.1) is 0 Å². The van der Waals surface area contributed by atoms with E-state index in [0.717, 1.165) is 10.4 Å². The van der Waals surface area contributed by atoms with Crippen molar-refractivity contribution in [3.8, 4) is 0 Å². The van der Waals surface area contributed by atoms with Crippen molar-refractivity contribution in [1.82, 2.24) is 0 Å². The van der Waals surface area contributed by atoms with Gasteiger partial charge in [0.2, 0.25) is 0 Å². The van der Waals surface area contributed by atoms with Crippen molar-refractivity contribution >= 4 is 20.2 Å². The topological polar surface area (TPSA) is 17.1 Å². The molecule has 1 aliphatic rings. The highest BCUT2D eigenvalue weighted by molar-refractivity contribution is 8.07. The highest BCUT2D eigenvalue weighted by atomic mass is 32.2. The molecule has 0 atom stereocenters. The van der Waals surface area contributed by atoms with Crippen LogP contribution in [0.25, 0.3) is 0 Å². The Hall–Kier alpha value is -0.0700. The molecule has 0 aromatic rings. The van der Waals surface area contributed by atoms with Crippen LogP contribution in [0.3, 0.4) is 0 Å². The van der Waals surface area contributed by atoms with Gasteiger partial charge in [0.1, 0.15) is 0 Å². The van der Waals surface area contributed by atoms with Crippen LogP contribution in [0.2, 0.25) is 0 Å². The lowest BCUT2D eigenvalue weighted by molar-refractivity contribution is 0.602. The Morgan fingerprint density at radius 2 is 2.62 bits per heavy atom. The van der Waals surface area contributed by atoms with Gasteiger partial charge in [-0.05, 0) is 6.08 Å². The van der Waals surface area contributed by atoms with Gasteiger partial charge in [-0.15, -0.1) is 11.8 Å². The molecule has 0 radical (unpaired) electrons. The summed E-state index contributed by atoms with van der Waals surface area (Å²) in [5.74, 6) is 0.959. The maximum atomic E-state index is 10.1. The van der Waals surface area contributed by atoms with Crippen LogP contribution < -0.4 is 0 Å². The van der Waals surface area contributed by atoms with E-state index in [2.05, 4.69) is 0 Å². The van der Waals surface area contributed by atoms with Crippen LogP contribution in [0.5, 0.6) is 0 Å². The van der Waals surface area contributed by atoms with Crippen LogP contribution in [0.4, 0.5) is 0 Å². The highest BCUT2D eigenvalue weighted by Gasteiger charge is 1.96. The number of thioether (sulfide) groups is 1. The second-order valence-electron chi connectivity index (χ2n) is 1.34. The highest BCUT2D eigenvalue weighted by Crippen LogP contribution is 2.28. The molecule has 0 aromatic carbocycles. The fourth-order valence-corrected chi connectivity index (χ4v) is 1.58. The Kier molecular flexibility index (Phi) is 2.31. The van der Waals surface area contributed by atoms with Gasteiger partial charge in [0.05, 0.1) is 4.65 Å². The molecule has 0 N–H and O–H groups in total. The smallest absolute Gasteiger partial charge is 0.199 e. The number of rotatable bonds is 1. The summed E-state index contributed by atoms with van der Waals surface area (Å²) in [6, 6.07) is 0. The first-order valence-corrected chi connectivity index (χ1v) is 4.06. The first kappa shape index (κ1) is 6.06. The van der Waals surface area contributed by atoms with Crippen molar-refractivity contribution < 1.29 is 4.57 Å². The average Bonchev–Trinajstić information content (AvgIpc) is 1.90. The molecular weight excluding hydrogens is 139 g/mol. The summed E-state index contributed by atoms with van der Waals surface area (Å²) >= 11 is 1.61. The lowest BCUT2D eigenvalue weighted by Crippen LogP contribution is -1.74. The summed E-state index contributed by atoms with van der Waals surface area (Å²) in [7, 11) is 0.149. The summed E-state index contributed by atoms with van der Waals surface area (Å²) in [5.41, 5.74) is 0. The molecule has 0 aliphatic carbocycles. The molecule has 0 saturated heterocycles. The normalized spacial score (nSPS) is 18.8. The quantitative estimate of drug-likeness (QED) is 0.525. The predicted octanol–water partition coefficient (Wildman–Crippen LogP) is 2.42. The van der Waals surface area contributed by atoms with Crippen molar-refractivity contribution in [1.29, 1.82) is 0 Å². The molecule has 42 valence electrons. The first-order chi connectivity index (χ1) is 3.93. The van der Waals surface area contributed by atoms with E-state index in [4.69, 9.17) is 0 Å². The van der Waals surface area contributed by atoms with Crippen LogP contribution in [-0.4, -0.2) is 5.75 Å². The SMILES string of the molecule is O=PC1=CC=CCS1. The molecule has 8 heavy (non-hydrogen) atoms. The van der Waals surface area contributed by atoms with Gasteiger partial charge < -0.3 is 0 Å². The van der Waals surface area contributed by atoms with Crippen molar-refractivity contribution in [3.05, 3.63) is 22.9 Å². The summed E-state index contributed by atoms with van der Waals surface area (Å²) in [6.45, 7) is 0. The molecule has 0 unspecified atom stereocenters. The van der Waals surface area contributed by atoms with Crippen molar-refractivity contribution in [2.45, 2.75) is 0 Å². The van der Waals surface area contributed by atoms with Crippen molar-refractivity contribution in [2.75, 3.05) is 5.75 Å². The van der Waals surface area contributed by atoms with E-state index < -0.39 is 0 Å². The molecule has 0 saturated carbocycles. The minimum atomic E-state index is 0.149. The van der Waals surface area contributed by atoms with Gasteiger partial charge in [-0.2, -0.15) is 0 Å². The van der Waals surface area contributed by atoms with Gasteiger partial charge in [-0.25, -0.2) is 0 Å². The minimum absolute atomic E-state index is 0.149. The Morgan fingerprint density at radius 1 is 1.75 bits per heavy atom. The maximum Gasteiger partial charge on any atom is 0.199 e. The third kappa shape index (κ3) is 1.46. The van der Waals surface area contributed by atoms with E-state index in [-0.39, 0.29) is 8.46 Å². The van der Waals surface area contributed by atoms with Gasteiger partial charge in [0.15, 0.2) is 8.46 Å². The van der Waals surface area contributed by atoms with E-state index in [9.17, 15) is 4.57 Å². The predicted molar refractivity (Wildman–Crippen MR) is 37.3 cm³/mol. The van der Waals surface area contributed by atoms with E-state index in [1.807, 2.05) is 18.2 Å². The van der Waals surface area contributed by atoms with Crippen LogP contribution in [-0.2, 0) is 4.57 Å². The zero-order valence-corrected chi connectivity index (χ0v) is 5.91. The molecule has 0 spiro atoms. The second-order valence-corrected chi connectivity index (χ2v) is 3.36. The molecule has 1 heterocycles. The van der Waals surface area contributed by atoms with E-state index in [0.29, 0.717) is 0 Å². The summed E-state index contributed by atoms with van der Waals surface area (Å²) < 4.78 is 11.1. The van der Waals surface area contributed by atoms with Crippen LogP contribution >= 0.6 is 20.2 Å². The third-order valence-electron chi connectivity index (χ3n) is 0.792. The van der Waals surface area contributed by atoms with Gasteiger partial charge >= 0.3 is 0 Å². The molecular formula is C5H5OPS. The molecule has 1 nitrogen and oxygen atoms in total. The van der Waals surface area contributed by atoms with E-state index in [1.54, 1.807) is 11.8 Å². The largest absolute Gasteiger partial charge is 0.269 e. The molecule has 1 aliphatic heterocycles. The van der Waals surface area contributed by atoms with Gasteiger partial charge in [-0.3, -0.25) is 4.57 Å². The van der Waals surface area contributed by atoms with Crippen molar-refractivity contribution in [2.24, 2.45) is 0 Å². The molecule has 1 rings (SSSR count). The van der Waals surface area contributed by atoms with E-state index in [1.165, 1.54) is 0 Å². The minimum Gasteiger partial charge on any atom is -0.269 e. The lowest BCUT2D eigenvalue weighted by Gasteiger charge is -1.96. The number of hydrogen-bond acceptors (Lipinski definition) is 2. The molecule has 0 fully saturated rings. The molecule has 0 aromatic heterocycles. The van der Waals surface area contributed by atoms with Gasteiger partial charge in [0, 0.05) is 5.75 Å². The molecule has 0 amide bonds. The zero-order chi connectivity index (χ0) is 5.82. The summed E-state index contributed by atoms with van der Waals surface area (Å²) in [6.07, 6.45) is 5.83. The second kappa shape index (κ2) is 3.06. The van der Waals surface area contributed by atoms with Crippen LogP contribution in [0.15, 0.2) is 22.9 Å². The van der Waals surface area contributed by atoms with Gasteiger partial charge in [0.25, 0.3) is 0 Å². The molecule has 0 bridgehead atoms. The van der Waals surface area contributed by atoms with Gasteiger partial charge in [-0.1, -0.05) is 12.2 Å². The first-order valence-electron chi connectivity index (χ1n) is 2.26. The average molecular weight is 144 g/mol. The Morgan fingerprint density at radius 3 is 3.00 bits per heavy atom. The summed E-state index contributed by atoms with van der Waals surface area (Å²) in [4.78, 5) is 0. The fraction of sp³-hybridized carbons (Fsp3) is 0.200. The summed E-state index contributed by atoms with van der Waals surface area (Å²) in [5, 5.41) is 0. The fourth-order valence-electron chi connectivity index (χ4n) is 0.444. The Labute approximate surface area is 54.1 Å². The standard InChI is InChI=1S/C5H5OPS/c6-7-5-3-1-2-4-8-5/h1-3H,4H2. The third-order valence-corrected chi connectivity index (χ3v) is 2.52. The monoisotopic (exact) mass is 144 g/mol. The lowest BCUT2D eigenvalue weighted by atomic mass is 10.5. The molecule has 3 heteroatoms. The Bertz CT molecular complexity index is 151.